The van der Waals surface area contributed by atoms with Gasteiger partial charge in [0.05, 0.1) is 41.0 Å². The smallest absolute Gasteiger partial charge is 0.381 e. The van der Waals surface area contributed by atoms with Crippen molar-refractivity contribution in [3.05, 3.63) is 80.9 Å². The Labute approximate surface area is 199 Å². The van der Waals surface area contributed by atoms with E-state index < -0.39 is 46.2 Å². The third kappa shape index (κ3) is 5.24. The number of nitrogens with one attached hydrogen (secondary N) is 2. The van der Waals surface area contributed by atoms with Crippen LogP contribution in [0.4, 0.5) is 27.6 Å². The van der Waals surface area contributed by atoms with Gasteiger partial charge in [-0.2, -0.15) is 18.3 Å². The van der Waals surface area contributed by atoms with E-state index in [9.17, 15) is 31.5 Å². The van der Waals surface area contributed by atoms with Gasteiger partial charge in [-0.15, -0.1) is 0 Å². The van der Waals surface area contributed by atoms with E-state index in [0.717, 1.165) is 24.5 Å². The largest absolute Gasteiger partial charge is 0.423 e. The Kier molecular flexibility index (Phi) is 6.82. The van der Waals surface area contributed by atoms with E-state index >= 15 is 0 Å². The van der Waals surface area contributed by atoms with Crippen molar-refractivity contribution in [2.24, 2.45) is 0 Å². The molecule has 3 heterocycles. The molecule has 0 aliphatic rings. The Balaban J connectivity index is 1.47. The van der Waals surface area contributed by atoms with E-state index in [4.69, 9.17) is 0 Å². The number of hydrogen-bond donors (Lipinski definition) is 2. The number of fused-ring (bicyclic) bond motifs is 1. The lowest BCUT2D eigenvalue weighted by Crippen LogP contribution is -2.27. The first-order valence-corrected chi connectivity index (χ1v) is 10.8. The number of benzene rings is 1. The molecule has 36 heavy (non-hydrogen) atoms. The zero-order valence-electron chi connectivity index (χ0n) is 18.7. The Morgan fingerprint density at radius 3 is 2.58 bits per heavy atom. The average molecular weight is 506 g/mol. The molecule has 0 aliphatic carbocycles. The van der Waals surface area contributed by atoms with Gasteiger partial charge in [0.1, 0.15) is 17.2 Å². The quantitative estimate of drug-likeness (QED) is 0.366. The SMILES string of the molecule is C[C@@H](CCCn1cnc2cc(-c3ccc(F)cn3)c(F)cc2c1=O)Nc1cn[nH]c(=O)c1C(F)(F)F. The molecule has 0 radical (unpaired) electrons. The molecule has 0 amide bonds. The topological polar surface area (TPSA) is 106 Å². The van der Waals surface area contributed by atoms with Gasteiger partial charge in [0, 0.05) is 18.2 Å². The highest BCUT2D eigenvalue weighted by atomic mass is 19.4. The Bertz CT molecular complexity index is 1520. The van der Waals surface area contributed by atoms with Crippen molar-refractivity contribution in [2.75, 3.05) is 5.32 Å². The van der Waals surface area contributed by atoms with E-state index in [0.29, 0.717) is 12.8 Å². The number of halogens is 5. The highest BCUT2D eigenvalue weighted by molar-refractivity contribution is 5.83. The van der Waals surface area contributed by atoms with Crippen LogP contribution in [0, 0.1) is 11.6 Å². The van der Waals surface area contributed by atoms with Gasteiger partial charge in [-0.3, -0.25) is 19.1 Å². The number of rotatable bonds is 7. The number of aromatic nitrogens is 5. The molecule has 1 aromatic carbocycles. The summed E-state index contributed by atoms with van der Waals surface area (Å²) in [7, 11) is 0. The zero-order chi connectivity index (χ0) is 26.0. The first-order chi connectivity index (χ1) is 17.0. The molecule has 2 N–H and O–H groups in total. The lowest BCUT2D eigenvalue weighted by molar-refractivity contribution is -0.138. The minimum atomic E-state index is -4.86. The van der Waals surface area contributed by atoms with E-state index in [1.54, 1.807) is 12.0 Å². The third-order valence-electron chi connectivity index (χ3n) is 5.49. The maximum absolute atomic E-state index is 14.7. The number of hydrogen-bond acceptors (Lipinski definition) is 6. The van der Waals surface area contributed by atoms with E-state index in [1.165, 1.54) is 23.0 Å². The van der Waals surface area contributed by atoms with Crippen molar-refractivity contribution in [1.82, 2.24) is 24.7 Å². The van der Waals surface area contributed by atoms with E-state index in [1.807, 2.05) is 0 Å². The Morgan fingerprint density at radius 1 is 1.11 bits per heavy atom. The fourth-order valence-electron chi connectivity index (χ4n) is 3.76. The molecule has 188 valence electrons. The van der Waals surface area contributed by atoms with Gasteiger partial charge in [-0.1, -0.05) is 0 Å². The van der Waals surface area contributed by atoms with Gasteiger partial charge in [0.2, 0.25) is 0 Å². The van der Waals surface area contributed by atoms with Crippen LogP contribution in [-0.4, -0.2) is 30.8 Å². The molecule has 0 spiro atoms. The molecule has 4 rings (SSSR count). The number of aromatic amines is 1. The fraction of sp³-hybridized carbons (Fsp3) is 0.261. The molecule has 0 saturated carbocycles. The van der Waals surface area contributed by atoms with Gasteiger partial charge in [-0.05, 0) is 44.0 Å². The molecule has 1 atom stereocenters. The molecule has 8 nitrogen and oxygen atoms in total. The number of anilines is 1. The number of pyridine rings is 1. The van der Waals surface area contributed by atoms with Gasteiger partial charge < -0.3 is 5.32 Å². The first-order valence-electron chi connectivity index (χ1n) is 10.8. The van der Waals surface area contributed by atoms with Crippen LogP contribution in [0.15, 0.2) is 52.6 Å². The van der Waals surface area contributed by atoms with E-state index in [2.05, 4.69) is 20.4 Å². The van der Waals surface area contributed by atoms with Gasteiger partial charge >= 0.3 is 6.18 Å². The lowest BCUT2D eigenvalue weighted by atomic mass is 10.1. The molecule has 0 bridgehead atoms. The second-order valence-electron chi connectivity index (χ2n) is 8.13. The second-order valence-corrected chi connectivity index (χ2v) is 8.13. The van der Waals surface area contributed by atoms with Crippen molar-refractivity contribution in [3.8, 4) is 11.3 Å². The van der Waals surface area contributed by atoms with Crippen LogP contribution < -0.4 is 16.4 Å². The van der Waals surface area contributed by atoms with Gasteiger partial charge in [0.25, 0.3) is 11.1 Å². The lowest BCUT2D eigenvalue weighted by Gasteiger charge is -2.18. The second kappa shape index (κ2) is 9.84. The maximum Gasteiger partial charge on any atom is 0.423 e. The molecular formula is C23H19F5N6O2. The average Bonchev–Trinajstić information content (AvgIpc) is 2.80. The minimum absolute atomic E-state index is 0.0384. The molecule has 0 saturated heterocycles. The summed E-state index contributed by atoms with van der Waals surface area (Å²) < 4.78 is 68.7. The summed E-state index contributed by atoms with van der Waals surface area (Å²) in [5.74, 6) is -1.29. The third-order valence-corrected chi connectivity index (χ3v) is 5.49. The summed E-state index contributed by atoms with van der Waals surface area (Å²) in [6, 6.07) is 4.38. The van der Waals surface area contributed by atoms with Crippen LogP contribution in [0.3, 0.4) is 0 Å². The van der Waals surface area contributed by atoms with Crippen LogP contribution >= 0.6 is 0 Å². The van der Waals surface area contributed by atoms with Crippen LogP contribution in [0.1, 0.15) is 25.3 Å². The summed E-state index contributed by atoms with van der Waals surface area (Å²) in [6.07, 6.45) is -0.994. The predicted octanol–water partition coefficient (Wildman–Crippen LogP) is 4.12. The summed E-state index contributed by atoms with van der Waals surface area (Å²) in [4.78, 5) is 32.5. The monoisotopic (exact) mass is 506 g/mol. The van der Waals surface area contributed by atoms with Crippen molar-refractivity contribution in [2.45, 2.75) is 38.5 Å². The number of H-pyrrole nitrogens is 1. The molecule has 13 heteroatoms. The van der Waals surface area contributed by atoms with Gasteiger partial charge in [-0.25, -0.2) is 18.9 Å². The number of aryl methyl sites for hydroxylation is 1. The highest BCUT2D eigenvalue weighted by Crippen LogP contribution is 2.32. The summed E-state index contributed by atoms with van der Waals surface area (Å²) >= 11 is 0. The molecule has 0 fully saturated rings. The normalized spacial score (nSPS) is 12.6. The highest BCUT2D eigenvalue weighted by Gasteiger charge is 2.37. The maximum atomic E-state index is 14.7. The standard InChI is InChI=1S/C23H19F5N6O2/c1-12(32-19-10-31-33-21(35)20(19)23(26,27)28)3-2-6-34-11-30-18-8-14(16(25)7-15(18)22(34)36)17-5-4-13(24)9-29-17/h4-5,7-12H,2-3,6H2,1H3,(H2,32,33,35)/t12-/m0/s1. The molecule has 0 aliphatic heterocycles. The van der Waals surface area contributed by atoms with Crippen LogP contribution in [0.2, 0.25) is 0 Å². The minimum Gasteiger partial charge on any atom is -0.381 e. The summed E-state index contributed by atoms with van der Waals surface area (Å²) in [5, 5.41) is 7.85. The number of alkyl halides is 3. The zero-order valence-corrected chi connectivity index (χ0v) is 18.7. The Morgan fingerprint density at radius 2 is 1.89 bits per heavy atom. The van der Waals surface area contributed by atoms with Gasteiger partial charge in [0.15, 0.2) is 0 Å². The first kappa shape index (κ1) is 24.9. The van der Waals surface area contributed by atoms with Crippen molar-refractivity contribution in [3.63, 3.8) is 0 Å². The molecule has 4 aromatic rings. The van der Waals surface area contributed by atoms with Crippen LogP contribution in [0.5, 0.6) is 0 Å². The molecule has 3 aromatic heterocycles. The van der Waals surface area contributed by atoms with Crippen molar-refractivity contribution < 1.29 is 22.0 Å². The predicted molar refractivity (Wildman–Crippen MR) is 121 cm³/mol. The Hall–Kier alpha value is -4.16. The van der Waals surface area contributed by atoms with Crippen molar-refractivity contribution >= 4 is 16.6 Å². The number of nitrogens with zero attached hydrogens (tertiary/aromatic N) is 4. The molecular weight excluding hydrogens is 487 g/mol. The van der Waals surface area contributed by atoms with E-state index in [-0.39, 0.29) is 28.7 Å². The fourth-order valence-corrected chi connectivity index (χ4v) is 3.76. The summed E-state index contributed by atoms with van der Waals surface area (Å²) in [6.45, 7) is 1.81. The van der Waals surface area contributed by atoms with Crippen LogP contribution in [-0.2, 0) is 12.7 Å². The van der Waals surface area contributed by atoms with Crippen LogP contribution in [0.25, 0.3) is 22.2 Å². The summed E-state index contributed by atoms with van der Waals surface area (Å²) in [5.41, 5.74) is -3.15. The molecule has 0 unspecified atom stereocenters. The van der Waals surface area contributed by atoms with Crippen molar-refractivity contribution in [1.29, 1.82) is 0 Å².